The van der Waals surface area contributed by atoms with Crippen LogP contribution < -0.4 is 11.5 Å². The first-order chi connectivity index (χ1) is 12.0. The third kappa shape index (κ3) is 4.24. The van der Waals surface area contributed by atoms with Crippen molar-refractivity contribution < 1.29 is 9.18 Å². The molecule has 4 N–H and O–H groups in total. The fraction of sp³-hybridized carbons (Fsp3) is 0.350. The van der Waals surface area contributed by atoms with Gasteiger partial charge in [0, 0.05) is 19.1 Å². The number of hydrogen-bond acceptors (Lipinski definition) is 3. The van der Waals surface area contributed by atoms with Crippen LogP contribution in [0.25, 0.3) is 0 Å². The maximum absolute atomic E-state index is 13.8. The number of carbonyl (C=O) groups is 1. The Balaban J connectivity index is 1.63. The molecular formula is C20H24FN3O. The third-order valence-electron chi connectivity index (χ3n) is 4.90. The van der Waals surface area contributed by atoms with E-state index in [4.69, 9.17) is 11.5 Å². The first kappa shape index (κ1) is 17.6. The van der Waals surface area contributed by atoms with Gasteiger partial charge in [-0.3, -0.25) is 9.69 Å². The molecule has 1 amide bonds. The minimum atomic E-state index is -0.310. The Morgan fingerprint density at radius 3 is 2.56 bits per heavy atom. The summed E-state index contributed by atoms with van der Waals surface area (Å²) in [5, 5.41) is 0. The largest absolute Gasteiger partial charge is 0.368 e. The van der Waals surface area contributed by atoms with E-state index < -0.39 is 0 Å². The van der Waals surface area contributed by atoms with Crippen LogP contribution >= 0.6 is 0 Å². The van der Waals surface area contributed by atoms with E-state index in [-0.39, 0.29) is 23.8 Å². The van der Waals surface area contributed by atoms with Crippen molar-refractivity contribution in [2.75, 3.05) is 6.54 Å². The number of nitrogens with two attached hydrogens (primary N) is 2. The molecule has 1 heterocycles. The van der Waals surface area contributed by atoms with E-state index in [9.17, 15) is 9.18 Å². The average molecular weight is 341 g/mol. The van der Waals surface area contributed by atoms with Crippen LogP contribution in [0.1, 0.15) is 23.1 Å². The van der Waals surface area contributed by atoms with Crippen LogP contribution in [-0.4, -0.2) is 29.4 Å². The first-order valence-electron chi connectivity index (χ1n) is 8.63. The van der Waals surface area contributed by atoms with E-state index in [1.165, 1.54) is 17.2 Å². The molecule has 4 nitrogen and oxygen atoms in total. The summed E-state index contributed by atoms with van der Waals surface area (Å²) in [4.78, 5) is 13.9. The van der Waals surface area contributed by atoms with Gasteiger partial charge in [0.2, 0.25) is 5.91 Å². The molecular weight excluding hydrogens is 317 g/mol. The predicted molar refractivity (Wildman–Crippen MR) is 96.2 cm³/mol. The van der Waals surface area contributed by atoms with Crippen LogP contribution in [0.4, 0.5) is 4.39 Å². The smallest absolute Gasteiger partial charge is 0.235 e. The van der Waals surface area contributed by atoms with E-state index in [0.717, 1.165) is 0 Å². The van der Waals surface area contributed by atoms with Crippen LogP contribution in [-0.2, 0) is 24.2 Å². The molecule has 0 fully saturated rings. The number of fused-ring (bicyclic) bond motifs is 1. The molecule has 0 bridgehead atoms. The number of halogens is 1. The summed E-state index contributed by atoms with van der Waals surface area (Å²) in [6.45, 7) is 1.35. The van der Waals surface area contributed by atoms with E-state index >= 15 is 0 Å². The molecule has 0 aliphatic carbocycles. The van der Waals surface area contributed by atoms with Gasteiger partial charge in [0.25, 0.3) is 0 Å². The zero-order chi connectivity index (χ0) is 17.8. The molecule has 0 saturated heterocycles. The molecule has 5 heteroatoms. The highest BCUT2D eigenvalue weighted by Crippen LogP contribution is 2.23. The van der Waals surface area contributed by atoms with Gasteiger partial charge >= 0.3 is 0 Å². The van der Waals surface area contributed by atoms with Crippen molar-refractivity contribution in [2.45, 2.75) is 37.9 Å². The summed E-state index contributed by atoms with van der Waals surface area (Å²) < 4.78 is 13.8. The van der Waals surface area contributed by atoms with Gasteiger partial charge in [-0.1, -0.05) is 42.5 Å². The number of hydrogen-bond donors (Lipinski definition) is 2. The lowest BCUT2D eigenvalue weighted by molar-refractivity contribution is -0.123. The van der Waals surface area contributed by atoms with Gasteiger partial charge in [-0.15, -0.1) is 0 Å². The molecule has 2 aromatic carbocycles. The van der Waals surface area contributed by atoms with E-state index in [0.29, 0.717) is 37.9 Å². The second kappa shape index (κ2) is 7.76. The Labute approximate surface area is 147 Å². The van der Waals surface area contributed by atoms with Crippen molar-refractivity contribution in [3.05, 3.63) is 71.0 Å². The van der Waals surface area contributed by atoms with Gasteiger partial charge in [0.05, 0.1) is 6.04 Å². The van der Waals surface area contributed by atoms with Crippen LogP contribution in [0.3, 0.4) is 0 Å². The van der Waals surface area contributed by atoms with Crippen molar-refractivity contribution >= 4 is 5.91 Å². The molecule has 2 atom stereocenters. The zero-order valence-corrected chi connectivity index (χ0v) is 14.2. The fourth-order valence-corrected chi connectivity index (χ4v) is 3.47. The summed E-state index contributed by atoms with van der Waals surface area (Å²) in [5.41, 5.74) is 14.8. The molecule has 1 aliphatic rings. The molecule has 0 unspecified atom stereocenters. The Bertz CT molecular complexity index is 749. The van der Waals surface area contributed by atoms with Crippen molar-refractivity contribution in [3.63, 3.8) is 0 Å². The monoisotopic (exact) mass is 341 g/mol. The van der Waals surface area contributed by atoms with Crippen molar-refractivity contribution in [1.82, 2.24) is 4.90 Å². The fourth-order valence-electron chi connectivity index (χ4n) is 3.47. The molecule has 25 heavy (non-hydrogen) atoms. The Morgan fingerprint density at radius 2 is 1.84 bits per heavy atom. The van der Waals surface area contributed by atoms with Gasteiger partial charge in [0.15, 0.2) is 0 Å². The second-order valence-corrected chi connectivity index (χ2v) is 6.71. The van der Waals surface area contributed by atoms with Gasteiger partial charge in [-0.2, -0.15) is 0 Å². The van der Waals surface area contributed by atoms with Gasteiger partial charge in [0.1, 0.15) is 5.82 Å². The summed E-state index contributed by atoms with van der Waals surface area (Å²) >= 11 is 0. The minimum absolute atomic E-state index is 0.164. The summed E-state index contributed by atoms with van der Waals surface area (Å²) in [6.07, 6.45) is 1.80. The highest BCUT2D eigenvalue weighted by Gasteiger charge is 2.29. The Hall–Kier alpha value is -2.24. The number of benzene rings is 2. The van der Waals surface area contributed by atoms with Crippen LogP contribution in [0.5, 0.6) is 0 Å². The SMILES string of the molecule is NC(=O)[C@@H]1Cc2ccccc2CN1CC[C@H](N)Cc1ccccc1F. The van der Waals surface area contributed by atoms with E-state index in [1.807, 2.05) is 24.3 Å². The maximum Gasteiger partial charge on any atom is 0.235 e. The second-order valence-electron chi connectivity index (χ2n) is 6.71. The number of amides is 1. The Kier molecular flexibility index (Phi) is 5.46. The van der Waals surface area contributed by atoms with E-state index in [1.54, 1.807) is 12.1 Å². The lowest BCUT2D eigenvalue weighted by Gasteiger charge is -2.35. The standard InChI is InChI=1S/C20H24FN3O/c21-18-8-4-3-6-15(18)11-17(22)9-10-24-13-16-7-2-1-5-14(16)12-19(24)20(23)25/h1-8,17,19H,9-13,22H2,(H2,23,25)/t17-,19-/m0/s1. The van der Waals surface area contributed by atoms with Crippen molar-refractivity contribution in [2.24, 2.45) is 11.5 Å². The van der Waals surface area contributed by atoms with Crippen LogP contribution in [0.2, 0.25) is 0 Å². The lowest BCUT2D eigenvalue weighted by Crippen LogP contribution is -2.49. The molecule has 0 saturated carbocycles. The molecule has 0 aromatic heterocycles. The van der Waals surface area contributed by atoms with Gasteiger partial charge in [-0.25, -0.2) is 4.39 Å². The van der Waals surface area contributed by atoms with Crippen LogP contribution in [0, 0.1) is 5.82 Å². The third-order valence-corrected chi connectivity index (χ3v) is 4.90. The molecule has 132 valence electrons. The molecule has 0 radical (unpaired) electrons. The molecule has 3 rings (SSSR count). The predicted octanol–water partition coefficient (Wildman–Crippen LogP) is 2.00. The molecule has 1 aliphatic heterocycles. The van der Waals surface area contributed by atoms with Gasteiger partial charge < -0.3 is 11.5 Å². The Morgan fingerprint density at radius 1 is 1.16 bits per heavy atom. The molecule has 2 aromatic rings. The van der Waals surface area contributed by atoms with Crippen molar-refractivity contribution in [3.8, 4) is 0 Å². The maximum atomic E-state index is 13.8. The van der Waals surface area contributed by atoms with E-state index in [2.05, 4.69) is 11.0 Å². The lowest BCUT2D eigenvalue weighted by atomic mass is 9.93. The first-order valence-corrected chi connectivity index (χ1v) is 8.63. The number of carbonyl (C=O) groups excluding carboxylic acids is 1. The highest BCUT2D eigenvalue weighted by atomic mass is 19.1. The summed E-state index contributed by atoms with van der Waals surface area (Å²) in [5.74, 6) is -0.531. The normalized spacial score (nSPS) is 18.6. The van der Waals surface area contributed by atoms with Gasteiger partial charge in [-0.05, 0) is 42.0 Å². The number of rotatable bonds is 6. The highest BCUT2D eigenvalue weighted by molar-refractivity contribution is 5.80. The van der Waals surface area contributed by atoms with Crippen LogP contribution in [0.15, 0.2) is 48.5 Å². The quantitative estimate of drug-likeness (QED) is 0.844. The number of nitrogens with zero attached hydrogens (tertiary/aromatic N) is 1. The van der Waals surface area contributed by atoms with Crippen molar-refractivity contribution in [1.29, 1.82) is 0 Å². The molecule has 0 spiro atoms. The summed E-state index contributed by atoms with van der Waals surface area (Å²) in [6, 6.07) is 14.3. The average Bonchev–Trinajstić information content (AvgIpc) is 2.61. The number of primary amides is 1. The summed E-state index contributed by atoms with van der Waals surface area (Å²) in [7, 11) is 0. The topological polar surface area (TPSA) is 72.4 Å². The minimum Gasteiger partial charge on any atom is -0.368 e. The zero-order valence-electron chi connectivity index (χ0n) is 14.2.